The predicted molar refractivity (Wildman–Crippen MR) is 136 cm³/mol. The molecule has 176 valence electrons. The Balaban J connectivity index is 2.05. The normalized spacial score (nSPS) is 14.9. The molecule has 1 amide bonds. The van der Waals surface area contributed by atoms with E-state index in [1.807, 2.05) is 12.1 Å². The fraction of sp³-hybridized carbons (Fsp3) is 0.522. The predicted octanol–water partition coefficient (Wildman–Crippen LogP) is 5.96. The van der Waals surface area contributed by atoms with Crippen LogP contribution in [0.1, 0.15) is 57.9 Å². The molecule has 0 saturated carbocycles. The van der Waals surface area contributed by atoms with Crippen molar-refractivity contribution >= 4 is 62.2 Å². The van der Waals surface area contributed by atoms with Crippen LogP contribution in [-0.2, 0) is 14.3 Å². The van der Waals surface area contributed by atoms with Gasteiger partial charge >= 0.3 is 5.97 Å². The molecule has 0 aromatic heterocycles. The summed E-state index contributed by atoms with van der Waals surface area (Å²) < 4.78 is 17.6. The zero-order chi connectivity index (χ0) is 23.5. The number of halogens is 1. The third-order valence-corrected chi connectivity index (χ3v) is 6.70. The van der Waals surface area contributed by atoms with Crippen molar-refractivity contribution in [3.63, 3.8) is 0 Å². The molecule has 0 atom stereocenters. The molecule has 6 nitrogen and oxygen atoms in total. The number of thioether (sulfide) groups is 1. The fourth-order valence-corrected chi connectivity index (χ4v) is 5.01. The minimum Gasteiger partial charge on any atom is -0.493 e. The lowest BCUT2D eigenvalue weighted by Crippen LogP contribution is -2.29. The Morgan fingerprint density at radius 1 is 1.22 bits per heavy atom. The Kier molecular flexibility index (Phi) is 11.5. The van der Waals surface area contributed by atoms with Gasteiger partial charge in [0, 0.05) is 13.0 Å². The van der Waals surface area contributed by atoms with Crippen LogP contribution in [0.3, 0.4) is 0 Å². The van der Waals surface area contributed by atoms with E-state index < -0.39 is 0 Å². The van der Waals surface area contributed by atoms with Gasteiger partial charge in [-0.15, -0.1) is 0 Å². The molecule has 1 aliphatic heterocycles. The zero-order valence-corrected chi connectivity index (χ0v) is 22.0. The monoisotopic (exact) mass is 543 g/mol. The maximum absolute atomic E-state index is 12.8. The minimum absolute atomic E-state index is 0.157. The highest BCUT2D eigenvalue weighted by Gasteiger charge is 2.31. The smallest absolute Gasteiger partial charge is 0.305 e. The average molecular weight is 545 g/mol. The number of hydrogen-bond donors (Lipinski definition) is 0. The summed E-state index contributed by atoms with van der Waals surface area (Å²) in [5.41, 5.74) is 0.805. The van der Waals surface area contributed by atoms with Crippen LogP contribution in [0.25, 0.3) is 6.08 Å². The molecule has 1 aromatic carbocycles. The summed E-state index contributed by atoms with van der Waals surface area (Å²) in [6, 6.07) is 3.75. The van der Waals surface area contributed by atoms with E-state index in [1.54, 1.807) is 20.1 Å². The molecule has 2 rings (SSSR count). The van der Waals surface area contributed by atoms with Gasteiger partial charge in [-0.3, -0.25) is 14.5 Å². The van der Waals surface area contributed by atoms with Gasteiger partial charge in [0.1, 0.15) is 4.32 Å². The van der Waals surface area contributed by atoms with Crippen LogP contribution < -0.4 is 9.47 Å². The van der Waals surface area contributed by atoms with Gasteiger partial charge in [0.2, 0.25) is 0 Å². The molecule has 0 aliphatic carbocycles. The minimum atomic E-state index is -0.266. The summed E-state index contributed by atoms with van der Waals surface area (Å²) >= 11 is 10.2. The van der Waals surface area contributed by atoms with Gasteiger partial charge in [0.15, 0.2) is 11.5 Å². The molecule has 0 radical (unpaired) electrons. The number of methoxy groups -OCH3 is 1. The van der Waals surface area contributed by atoms with Gasteiger partial charge < -0.3 is 14.2 Å². The van der Waals surface area contributed by atoms with E-state index in [-0.39, 0.29) is 18.3 Å². The quantitative estimate of drug-likeness (QED) is 0.131. The van der Waals surface area contributed by atoms with Gasteiger partial charge in [0.25, 0.3) is 5.91 Å². The van der Waals surface area contributed by atoms with Gasteiger partial charge in [-0.2, -0.15) is 0 Å². The average Bonchev–Trinajstić information content (AvgIpc) is 3.02. The van der Waals surface area contributed by atoms with Crippen molar-refractivity contribution in [2.24, 2.45) is 0 Å². The van der Waals surface area contributed by atoms with E-state index >= 15 is 0 Å². The summed E-state index contributed by atoms with van der Waals surface area (Å²) in [5, 5.41) is 0. The Hall–Kier alpha value is -1.58. The molecule has 1 heterocycles. The molecule has 1 aliphatic rings. The number of hydrogen-bond acceptors (Lipinski definition) is 7. The standard InChI is InChI=1S/C23H30BrNO5S2/c1-4-6-7-8-12-30-21-17(24)13-16(14-18(21)28-3)15-19-22(27)25(23(31)32-19)11-9-10-20(26)29-5-2/h13-15H,4-12H2,1-3H3/b19-15-. The molecule has 9 heteroatoms. The van der Waals surface area contributed by atoms with Crippen LogP contribution in [0.2, 0.25) is 0 Å². The van der Waals surface area contributed by atoms with Crippen LogP contribution in [0, 0.1) is 0 Å². The number of carbonyl (C=O) groups is 2. The molecule has 0 spiro atoms. The number of amides is 1. The highest BCUT2D eigenvalue weighted by atomic mass is 79.9. The molecular weight excluding hydrogens is 514 g/mol. The van der Waals surface area contributed by atoms with E-state index in [0.717, 1.165) is 22.9 Å². The van der Waals surface area contributed by atoms with Crippen LogP contribution >= 0.6 is 39.9 Å². The van der Waals surface area contributed by atoms with Crippen molar-refractivity contribution in [2.45, 2.75) is 52.4 Å². The number of thiocarbonyl (C=S) groups is 1. The molecule has 0 N–H and O–H groups in total. The summed E-state index contributed by atoms with van der Waals surface area (Å²) in [7, 11) is 1.60. The lowest BCUT2D eigenvalue weighted by molar-refractivity contribution is -0.143. The summed E-state index contributed by atoms with van der Waals surface area (Å²) in [6.07, 6.45) is 7.06. The van der Waals surface area contributed by atoms with Crippen LogP contribution in [0.5, 0.6) is 11.5 Å². The van der Waals surface area contributed by atoms with E-state index in [9.17, 15) is 9.59 Å². The zero-order valence-electron chi connectivity index (χ0n) is 18.8. The first-order chi connectivity index (χ1) is 15.4. The van der Waals surface area contributed by atoms with E-state index in [2.05, 4.69) is 22.9 Å². The second-order valence-corrected chi connectivity index (χ2v) is 9.72. The molecule has 32 heavy (non-hydrogen) atoms. The molecule has 0 bridgehead atoms. The Bertz CT molecular complexity index is 859. The number of nitrogens with zero attached hydrogens (tertiary/aromatic N) is 1. The number of carbonyl (C=O) groups excluding carboxylic acids is 2. The fourth-order valence-electron chi connectivity index (χ4n) is 3.13. The van der Waals surface area contributed by atoms with Crippen LogP contribution in [-0.4, -0.2) is 48.0 Å². The SMILES string of the molecule is CCCCCCOc1c(Br)cc(/C=C2\SC(=S)N(CCCC(=O)OCC)C2=O)cc1OC. The van der Waals surface area contributed by atoms with Crippen molar-refractivity contribution in [3.8, 4) is 11.5 Å². The van der Waals surface area contributed by atoms with Crippen molar-refractivity contribution in [1.82, 2.24) is 4.90 Å². The Morgan fingerprint density at radius 2 is 2.00 bits per heavy atom. The first-order valence-corrected chi connectivity index (χ1v) is 12.8. The van der Waals surface area contributed by atoms with Crippen molar-refractivity contribution < 1.29 is 23.8 Å². The third-order valence-electron chi connectivity index (χ3n) is 4.74. The van der Waals surface area contributed by atoms with Crippen molar-refractivity contribution in [3.05, 3.63) is 27.1 Å². The molecule has 1 fully saturated rings. The molecular formula is C23H30BrNO5S2. The Labute approximate surface area is 208 Å². The summed E-state index contributed by atoms with van der Waals surface area (Å²) in [6.45, 7) is 5.31. The van der Waals surface area contributed by atoms with E-state index in [1.165, 1.54) is 29.5 Å². The number of esters is 1. The van der Waals surface area contributed by atoms with Crippen molar-refractivity contribution in [2.75, 3.05) is 26.9 Å². The third kappa shape index (κ3) is 7.78. The van der Waals surface area contributed by atoms with Crippen LogP contribution in [0.15, 0.2) is 21.5 Å². The summed E-state index contributed by atoms with van der Waals surface area (Å²) in [5.74, 6) is 0.840. The number of benzene rings is 1. The van der Waals surface area contributed by atoms with Crippen molar-refractivity contribution in [1.29, 1.82) is 0 Å². The second-order valence-electron chi connectivity index (χ2n) is 7.19. The maximum atomic E-state index is 12.8. The molecule has 0 unspecified atom stereocenters. The Morgan fingerprint density at radius 3 is 2.69 bits per heavy atom. The summed E-state index contributed by atoms with van der Waals surface area (Å²) in [4.78, 5) is 26.4. The number of ether oxygens (including phenoxy) is 3. The number of rotatable bonds is 13. The first kappa shape index (κ1) is 26.7. The largest absolute Gasteiger partial charge is 0.493 e. The maximum Gasteiger partial charge on any atom is 0.305 e. The van der Waals surface area contributed by atoms with Gasteiger partial charge in [-0.25, -0.2) is 0 Å². The van der Waals surface area contributed by atoms with Gasteiger partial charge in [-0.05, 0) is 59.5 Å². The highest BCUT2D eigenvalue weighted by Crippen LogP contribution is 2.39. The lowest BCUT2D eigenvalue weighted by atomic mass is 10.1. The second kappa shape index (κ2) is 13.9. The molecule has 1 aromatic rings. The van der Waals surface area contributed by atoms with Gasteiger partial charge in [-0.1, -0.05) is 50.2 Å². The van der Waals surface area contributed by atoms with Gasteiger partial charge in [0.05, 0.1) is 29.7 Å². The van der Waals surface area contributed by atoms with E-state index in [4.69, 9.17) is 26.4 Å². The number of unbranched alkanes of at least 4 members (excludes halogenated alkanes) is 3. The van der Waals surface area contributed by atoms with E-state index in [0.29, 0.717) is 46.9 Å². The lowest BCUT2D eigenvalue weighted by Gasteiger charge is -2.14. The van der Waals surface area contributed by atoms with Crippen LogP contribution in [0.4, 0.5) is 0 Å². The molecule has 1 saturated heterocycles. The highest BCUT2D eigenvalue weighted by molar-refractivity contribution is 9.10. The topological polar surface area (TPSA) is 65.1 Å². The first-order valence-electron chi connectivity index (χ1n) is 10.8.